The molecule has 1 aromatic heterocycles. The van der Waals surface area contributed by atoms with Crippen molar-refractivity contribution in [3.63, 3.8) is 0 Å². The van der Waals surface area contributed by atoms with Gasteiger partial charge in [-0.3, -0.25) is 4.79 Å². The van der Waals surface area contributed by atoms with Crippen LogP contribution in [0, 0.1) is 0 Å². The number of nitrogens with one attached hydrogen (secondary N) is 1. The summed E-state index contributed by atoms with van der Waals surface area (Å²) in [6, 6.07) is 12.4. The van der Waals surface area contributed by atoms with Gasteiger partial charge in [-0.05, 0) is 32.0 Å². The van der Waals surface area contributed by atoms with Gasteiger partial charge in [-0.1, -0.05) is 18.2 Å². The van der Waals surface area contributed by atoms with Crippen LogP contribution in [0.1, 0.15) is 24.4 Å². The summed E-state index contributed by atoms with van der Waals surface area (Å²) in [6.45, 7) is 4.03. The summed E-state index contributed by atoms with van der Waals surface area (Å²) in [5.41, 5.74) is 5.33. The van der Waals surface area contributed by atoms with Crippen molar-refractivity contribution in [1.82, 2.24) is 5.32 Å². The summed E-state index contributed by atoms with van der Waals surface area (Å²) >= 11 is 0. The van der Waals surface area contributed by atoms with E-state index in [9.17, 15) is 4.79 Å². The first-order chi connectivity index (χ1) is 9.44. The van der Waals surface area contributed by atoms with Crippen molar-refractivity contribution in [2.75, 3.05) is 6.54 Å². The molecule has 0 bridgehead atoms. The highest BCUT2D eigenvalue weighted by atomic mass is 35.5. The number of nitrogens with two attached hydrogens (primary N) is 1. The van der Waals surface area contributed by atoms with Gasteiger partial charge in [0.05, 0.1) is 0 Å². The first-order valence-corrected chi connectivity index (χ1v) is 6.34. The molecule has 21 heavy (non-hydrogen) atoms. The average molecular weight is 311 g/mol. The lowest BCUT2D eigenvalue weighted by atomic mass is 10.1. The van der Waals surface area contributed by atoms with Gasteiger partial charge in [-0.15, -0.1) is 12.4 Å². The molecule has 6 heteroatoms. The van der Waals surface area contributed by atoms with Crippen molar-refractivity contribution >= 4 is 18.3 Å². The van der Waals surface area contributed by atoms with Crippen molar-refractivity contribution in [2.45, 2.75) is 19.4 Å². The zero-order valence-electron chi connectivity index (χ0n) is 12.0. The fraction of sp³-hybridized carbons (Fsp3) is 0.267. The first kappa shape index (κ1) is 17.1. The predicted molar refractivity (Wildman–Crippen MR) is 83.1 cm³/mol. The Bertz CT molecular complexity index is 576. The number of rotatable bonds is 5. The Morgan fingerprint density at radius 1 is 1.24 bits per heavy atom. The Morgan fingerprint density at radius 2 is 1.90 bits per heavy atom. The van der Waals surface area contributed by atoms with Crippen molar-refractivity contribution in [2.24, 2.45) is 5.73 Å². The highest BCUT2D eigenvalue weighted by Crippen LogP contribution is 2.23. The summed E-state index contributed by atoms with van der Waals surface area (Å²) in [4.78, 5) is 11.8. The van der Waals surface area contributed by atoms with Crippen LogP contribution in [0.2, 0.25) is 0 Å². The molecule has 0 unspecified atom stereocenters. The zero-order chi connectivity index (χ0) is 14.6. The lowest BCUT2D eigenvalue weighted by molar-refractivity contribution is 0.0913. The Hall–Kier alpha value is -1.98. The van der Waals surface area contributed by atoms with Gasteiger partial charge in [0.1, 0.15) is 5.75 Å². The molecule has 0 spiro atoms. The predicted octanol–water partition coefficient (Wildman–Crippen LogP) is 2.96. The van der Waals surface area contributed by atoms with Crippen LogP contribution >= 0.6 is 12.4 Å². The topological polar surface area (TPSA) is 77.5 Å². The van der Waals surface area contributed by atoms with E-state index in [1.807, 2.05) is 32.0 Å². The molecule has 5 nitrogen and oxygen atoms in total. The first-order valence-electron chi connectivity index (χ1n) is 6.34. The second kappa shape index (κ2) is 7.15. The maximum atomic E-state index is 11.8. The normalized spacial score (nSPS) is 10.6. The molecule has 0 aliphatic heterocycles. The van der Waals surface area contributed by atoms with Gasteiger partial charge >= 0.3 is 0 Å². The van der Waals surface area contributed by atoms with Crippen molar-refractivity contribution in [3.05, 3.63) is 48.2 Å². The second-order valence-corrected chi connectivity index (χ2v) is 5.21. The molecule has 1 aromatic carbocycles. The second-order valence-electron chi connectivity index (χ2n) is 5.21. The van der Waals surface area contributed by atoms with Gasteiger partial charge in [0.15, 0.2) is 5.76 Å². The standard InChI is InChI=1S/C15H18N2O3.ClH/c1-15(2,16)10-17-14(18)12-8-9-13(20-12)19-11-6-4-3-5-7-11;/h3-9H,10,16H2,1-2H3,(H,17,18);1H. The van der Waals surface area contributed by atoms with Gasteiger partial charge in [0, 0.05) is 18.2 Å². The van der Waals surface area contributed by atoms with E-state index in [0.717, 1.165) is 0 Å². The van der Waals surface area contributed by atoms with Crippen LogP contribution in [0.3, 0.4) is 0 Å². The molecule has 114 valence electrons. The summed E-state index contributed by atoms with van der Waals surface area (Å²) in [6.07, 6.45) is 0. The largest absolute Gasteiger partial charge is 0.426 e. The Kier molecular flexibility index (Phi) is 5.81. The van der Waals surface area contributed by atoms with Gasteiger partial charge in [0.25, 0.3) is 11.9 Å². The molecule has 2 aromatic rings. The third kappa shape index (κ3) is 5.49. The fourth-order valence-electron chi connectivity index (χ4n) is 1.50. The molecule has 0 aliphatic rings. The lowest BCUT2D eigenvalue weighted by Crippen LogP contribution is -2.45. The number of hydrogen-bond donors (Lipinski definition) is 2. The van der Waals surface area contributed by atoms with E-state index < -0.39 is 5.54 Å². The number of carbonyl (C=O) groups is 1. The Labute approximate surface area is 129 Å². The summed E-state index contributed by atoms with van der Waals surface area (Å²) in [7, 11) is 0. The van der Waals surface area contributed by atoms with Crippen LogP contribution in [-0.2, 0) is 0 Å². The molecule has 3 N–H and O–H groups in total. The van der Waals surface area contributed by atoms with Gasteiger partial charge in [0.2, 0.25) is 0 Å². The lowest BCUT2D eigenvalue weighted by Gasteiger charge is -2.18. The number of furan rings is 1. The quantitative estimate of drug-likeness (QED) is 0.890. The van der Waals surface area contributed by atoms with Crippen LogP contribution in [0.15, 0.2) is 46.9 Å². The van der Waals surface area contributed by atoms with Crippen LogP contribution in [0.4, 0.5) is 0 Å². The Morgan fingerprint density at radius 3 is 2.52 bits per heavy atom. The van der Waals surface area contributed by atoms with Gasteiger partial charge in [-0.2, -0.15) is 0 Å². The maximum Gasteiger partial charge on any atom is 0.290 e. The van der Waals surface area contributed by atoms with E-state index >= 15 is 0 Å². The number of para-hydroxylation sites is 1. The molecular formula is C15H19ClN2O3. The van der Waals surface area contributed by atoms with E-state index in [2.05, 4.69) is 5.32 Å². The number of ether oxygens (including phenoxy) is 1. The van der Waals surface area contributed by atoms with Crippen LogP contribution in [0.25, 0.3) is 0 Å². The highest BCUT2D eigenvalue weighted by Gasteiger charge is 2.16. The molecular weight excluding hydrogens is 292 g/mol. The number of amides is 1. The van der Waals surface area contributed by atoms with Gasteiger partial charge < -0.3 is 20.2 Å². The summed E-state index contributed by atoms with van der Waals surface area (Å²) in [5.74, 6) is 0.803. The zero-order valence-corrected chi connectivity index (χ0v) is 12.8. The fourth-order valence-corrected chi connectivity index (χ4v) is 1.50. The number of halogens is 1. The highest BCUT2D eigenvalue weighted by molar-refractivity contribution is 5.91. The SMILES string of the molecule is CC(C)(N)CNC(=O)c1ccc(Oc2ccccc2)o1.Cl. The molecule has 1 heterocycles. The van der Waals surface area contributed by atoms with E-state index in [4.69, 9.17) is 14.9 Å². The third-order valence-corrected chi connectivity index (χ3v) is 2.47. The number of hydrogen-bond acceptors (Lipinski definition) is 4. The molecule has 0 aliphatic carbocycles. The van der Waals surface area contributed by atoms with Crippen LogP contribution in [-0.4, -0.2) is 18.0 Å². The molecule has 1 amide bonds. The van der Waals surface area contributed by atoms with Gasteiger partial charge in [-0.25, -0.2) is 0 Å². The van der Waals surface area contributed by atoms with Crippen LogP contribution in [0.5, 0.6) is 11.7 Å². The molecule has 0 fully saturated rings. The van der Waals surface area contributed by atoms with Crippen molar-refractivity contribution < 1.29 is 13.9 Å². The molecule has 0 radical (unpaired) electrons. The molecule has 0 saturated carbocycles. The minimum absolute atomic E-state index is 0. The monoisotopic (exact) mass is 310 g/mol. The van der Waals surface area contributed by atoms with E-state index in [1.54, 1.807) is 24.3 Å². The van der Waals surface area contributed by atoms with E-state index in [-0.39, 0.29) is 30.0 Å². The smallest absolute Gasteiger partial charge is 0.290 e. The average Bonchev–Trinajstić information content (AvgIpc) is 2.85. The number of carbonyl (C=O) groups excluding carboxylic acids is 1. The third-order valence-electron chi connectivity index (χ3n) is 2.47. The summed E-state index contributed by atoms with van der Waals surface area (Å²) in [5, 5.41) is 2.70. The number of benzene rings is 1. The molecule has 0 atom stereocenters. The van der Waals surface area contributed by atoms with E-state index in [1.165, 1.54) is 0 Å². The van der Waals surface area contributed by atoms with Crippen molar-refractivity contribution in [3.8, 4) is 11.7 Å². The molecule has 2 rings (SSSR count). The Balaban J connectivity index is 0.00000220. The minimum Gasteiger partial charge on any atom is -0.426 e. The minimum atomic E-state index is -0.467. The maximum absolute atomic E-state index is 11.8. The summed E-state index contributed by atoms with van der Waals surface area (Å²) < 4.78 is 10.8. The van der Waals surface area contributed by atoms with E-state index in [0.29, 0.717) is 12.3 Å². The molecule has 0 saturated heterocycles. The van der Waals surface area contributed by atoms with Crippen LogP contribution < -0.4 is 15.8 Å². The van der Waals surface area contributed by atoms with Crippen molar-refractivity contribution in [1.29, 1.82) is 0 Å².